The Morgan fingerprint density at radius 1 is 1.10 bits per heavy atom. The van der Waals surface area contributed by atoms with Crippen LogP contribution in [0, 0.1) is 10.8 Å². The Morgan fingerprint density at radius 3 is 2.55 bits per heavy atom. The standard InChI is InChI=1S/C24H28N2O3/c1-23(2)13-18-14-24(3,15-23)16-26(18)22(28)20(12-19-10-7-11-29-19)25-21(27)17-8-5-4-6-9-17/h4-12,18H,13-16H2,1-3H3,(H,25,27)/b20-12-/t18-,24+/m0/s1. The molecule has 5 heteroatoms. The SMILES string of the molecule is CC1(C)C[C@H]2C[C@@](C)(CN2C(=O)/C(=C/c2ccco2)NC(=O)c2ccccc2)C1. The van der Waals surface area contributed by atoms with Gasteiger partial charge in [0.05, 0.1) is 6.26 Å². The van der Waals surface area contributed by atoms with Gasteiger partial charge in [-0.25, -0.2) is 0 Å². The third-order valence-electron chi connectivity index (χ3n) is 6.02. The minimum atomic E-state index is -0.300. The zero-order chi connectivity index (χ0) is 20.6. The number of nitrogens with zero attached hydrogens (tertiary/aromatic N) is 1. The first-order valence-corrected chi connectivity index (χ1v) is 10.2. The van der Waals surface area contributed by atoms with E-state index in [4.69, 9.17) is 4.42 Å². The molecule has 2 aliphatic rings. The van der Waals surface area contributed by atoms with Gasteiger partial charge in [-0.2, -0.15) is 0 Å². The van der Waals surface area contributed by atoms with E-state index in [1.807, 2.05) is 11.0 Å². The van der Waals surface area contributed by atoms with Crippen LogP contribution in [0.2, 0.25) is 0 Å². The van der Waals surface area contributed by atoms with Crippen molar-refractivity contribution in [2.24, 2.45) is 10.8 Å². The van der Waals surface area contributed by atoms with E-state index in [9.17, 15) is 9.59 Å². The van der Waals surface area contributed by atoms with E-state index in [1.165, 1.54) is 0 Å². The summed E-state index contributed by atoms with van der Waals surface area (Å²) in [6.45, 7) is 7.55. The van der Waals surface area contributed by atoms with Crippen molar-refractivity contribution in [2.75, 3.05) is 6.54 Å². The Morgan fingerprint density at radius 2 is 1.86 bits per heavy atom. The van der Waals surface area contributed by atoms with Crippen molar-refractivity contribution < 1.29 is 14.0 Å². The van der Waals surface area contributed by atoms with E-state index in [0.717, 1.165) is 25.8 Å². The van der Waals surface area contributed by atoms with E-state index < -0.39 is 0 Å². The van der Waals surface area contributed by atoms with Gasteiger partial charge in [0.25, 0.3) is 11.8 Å². The van der Waals surface area contributed by atoms with Crippen molar-refractivity contribution in [3.05, 3.63) is 65.7 Å². The van der Waals surface area contributed by atoms with Gasteiger partial charge in [0.2, 0.25) is 0 Å². The molecule has 1 aromatic heterocycles. The lowest BCUT2D eigenvalue weighted by Gasteiger charge is -2.39. The molecule has 1 aromatic carbocycles. The average Bonchev–Trinajstić information content (AvgIpc) is 3.25. The van der Waals surface area contributed by atoms with Gasteiger partial charge in [0.1, 0.15) is 11.5 Å². The summed E-state index contributed by atoms with van der Waals surface area (Å²) >= 11 is 0. The van der Waals surface area contributed by atoms with Gasteiger partial charge < -0.3 is 14.6 Å². The van der Waals surface area contributed by atoms with Crippen molar-refractivity contribution in [2.45, 2.75) is 46.1 Å². The van der Waals surface area contributed by atoms with Crippen molar-refractivity contribution in [3.8, 4) is 0 Å². The quantitative estimate of drug-likeness (QED) is 0.781. The highest BCUT2D eigenvalue weighted by Gasteiger charge is 2.51. The molecule has 2 atom stereocenters. The minimum absolute atomic E-state index is 0.126. The number of hydrogen-bond acceptors (Lipinski definition) is 3. The fourth-order valence-corrected chi connectivity index (χ4v) is 5.30. The summed E-state index contributed by atoms with van der Waals surface area (Å²) in [4.78, 5) is 28.2. The first-order chi connectivity index (χ1) is 13.7. The number of likely N-dealkylation sites (tertiary alicyclic amines) is 1. The summed E-state index contributed by atoms with van der Waals surface area (Å²) in [6, 6.07) is 12.7. The summed E-state index contributed by atoms with van der Waals surface area (Å²) < 4.78 is 5.41. The van der Waals surface area contributed by atoms with E-state index in [0.29, 0.717) is 11.3 Å². The number of carbonyl (C=O) groups excluding carboxylic acids is 2. The van der Waals surface area contributed by atoms with Crippen LogP contribution in [0.4, 0.5) is 0 Å². The molecule has 152 valence electrons. The second-order valence-electron chi connectivity index (χ2n) is 9.54. The number of rotatable bonds is 4. The summed E-state index contributed by atoms with van der Waals surface area (Å²) in [5, 5.41) is 2.83. The van der Waals surface area contributed by atoms with Crippen molar-refractivity contribution in [1.29, 1.82) is 0 Å². The highest BCUT2D eigenvalue weighted by molar-refractivity contribution is 6.05. The maximum atomic E-state index is 13.5. The van der Waals surface area contributed by atoms with Crippen molar-refractivity contribution in [1.82, 2.24) is 10.2 Å². The summed E-state index contributed by atoms with van der Waals surface area (Å²) in [5.41, 5.74) is 1.10. The molecular formula is C24H28N2O3. The molecule has 2 amide bonds. The van der Waals surface area contributed by atoms with E-state index in [-0.39, 0.29) is 34.4 Å². The van der Waals surface area contributed by atoms with Gasteiger partial charge in [-0.3, -0.25) is 9.59 Å². The molecular weight excluding hydrogens is 364 g/mol. The lowest BCUT2D eigenvalue weighted by Crippen LogP contribution is -2.42. The molecule has 5 nitrogen and oxygen atoms in total. The molecule has 1 aliphatic heterocycles. The van der Waals surface area contributed by atoms with Gasteiger partial charge in [-0.1, -0.05) is 39.0 Å². The van der Waals surface area contributed by atoms with E-state index in [1.54, 1.807) is 48.7 Å². The molecule has 4 rings (SSSR count). The van der Waals surface area contributed by atoms with Crippen LogP contribution in [0.3, 0.4) is 0 Å². The second kappa shape index (κ2) is 7.21. The van der Waals surface area contributed by atoms with Gasteiger partial charge in [-0.05, 0) is 54.4 Å². The third kappa shape index (κ3) is 4.14. The predicted octanol–water partition coefficient (Wildman–Crippen LogP) is 4.48. The first kappa shape index (κ1) is 19.5. The molecule has 2 bridgehead atoms. The lowest BCUT2D eigenvalue weighted by molar-refractivity contribution is -0.128. The highest BCUT2D eigenvalue weighted by atomic mass is 16.3. The number of hydrogen-bond donors (Lipinski definition) is 1. The van der Waals surface area contributed by atoms with Crippen molar-refractivity contribution >= 4 is 17.9 Å². The van der Waals surface area contributed by atoms with Gasteiger partial charge in [-0.15, -0.1) is 0 Å². The van der Waals surface area contributed by atoms with E-state index >= 15 is 0 Å². The number of carbonyl (C=O) groups is 2. The number of furan rings is 1. The lowest BCUT2D eigenvalue weighted by atomic mass is 9.65. The fraction of sp³-hybridized carbons (Fsp3) is 0.417. The van der Waals surface area contributed by atoms with Crippen LogP contribution < -0.4 is 5.32 Å². The molecule has 2 heterocycles. The third-order valence-corrected chi connectivity index (χ3v) is 6.02. The number of amides is 2. The summed E-state index contributed by atoms with van der Waals surface area (Å²) in [6.07, 6.45) is 6.28. The topological polar surface area (TPSA) is 62.6 Å². The molecule has 0 radical (unpaired) electrons. The van der Waals surface area contributed by atoms with Crippen LogP contribution in [0.1, 0.15) is 56.2 Å². The predicted molar refractivity (Wildman–Crippen MR) is 112 cm³/mol. The maximum Gasteiger partial charge on any atom is 0.270 e. The zero-order valence-corrected chi connectivity index (χ0v) is 17.3. The molecule has 0 spiro atoms. The Bertz CT molecular complexity index is 930. The highest BCUT2D eigenvalue weighted by Crippen LogP contribution is 2.52. The molecule has 1 saturated carbocycles. The van der Waals surface area contributed by atoms with E-state index in [2.05, 4.69) is 26.1 Å². The van der Waals surface area contributed by atoms with Crippen LogP contribution in [0.5, 0.6) is 0 Å². The number of fused-ring (bicyclic) bond motifs is 2. The Balaban J connectivity index is 1.62. The Kier molecular flexibility index (Phi) is 4.85. The molecule has 0 unspecified atom stereocenters. The normalized spacial score (nSPS) is 25.7. The molecule has 1 aliphatic carbocycles. The van der Waals surface area contributed by atoms with Gasteiger partial charge >= 0.3 is 0 Å². The maximum absolute atomic E-state index is 13.5. The smallest absolute Gasteiger partial charge is 0.270 e. The Labute approximate surface area is 171 Å². The minimum Gasteiger partial charge on any atom is -0.465 e. The number of nitrogens with one attached hydrogen (secondary N) is 1. The van der Waals surface area contributed by atoms with Crippen LogP contribution in [0.25, 0.3) is 6.08 Å². The second-order valence-corrected chi connectivity index (χ2v) is 9.54. The monoisotopic (exact) mass is 392 g/mol. The van der Waals surface area contributed by atoms with Crippen LogP contribution in [-0.4, -0.2) is 29.3 Å². The number of benzene rings is 1. The van der Waals surface area contributed by atoms with Crippen LogP contribution in [-0.2, 0) is 4.79 Å². The van der Waals surface area contributed by atoms with Gasteiger partial charge in [0.15, 0.2) is 0 Å². The first-order valence-electron chi connectivity index (χ1n) is 10.2. The molecule has 29 heavy (non-hydrogen) atoms. The van der Waals surface area contributed by atoms with Crippen LogP contribution >= 0.6 is 0 Å². The Hall–Kier alpha value is -2.82. The molecule has 2 fully saturated rings. The summed E-state index contributed by atoms with van der Waals surface area (Å²) in [5.74, 6) is 0.0954. The summed E-state index contributed by atoms with van der Waals surface area (Å²) in [7, 11) is 0. The molecule has 1 saturated heterocycles. The zero-order valence-electron chi connectivity index (χ0n) is 17.3. The molecule has 1 N–H and O–H groups in total. The largest absolute Gasteiger partial charge is 0.465 e. The van der Waals surface area contributed by atoms with Gasteiger partial charge in [0, 0.05) is 24.2 Å². The molecule has 2 aromatic rings. The average molecular weight is 392 g/mol. The van der Waals surface area contributed by atoms with Crippen LogP contribution in [0.15, 0.2) is 58.8 Å². The van der Waals surface area contributed by atoms with Crippen molar-refractivity contribution in [3.63, 3.8) is 0 Å². The fourth-order valence-electron chi connectivity index (χ4n) is 5.30.